The fourth-order valence-corrected chi connectivity index (χ4v) is 5.64. The second-order valence-corrected chi connectivity index (χ2v) is 11.5. The monoisotopic (exact) mass is 580 g/mol. The molecule has 0 radical (unpaired) electrons. The summed E-state index contributed by atoms with van der Waals surface area (Å²) in [6.45, 7) is 4.13. The number of methoxy groups -OCH3 is 1. The van der Waals surface area contributed by atoms with E-state index < -0.39 is 0 Å². The van der Waals surface area contributed by atoms with Crippen LogP contribution in [0.4, 0.5) is 10.5 Å². The smallest absolute Gasteiger partial charge is 0.321 e. The Morgan fingerprint density at radius 1 is 0.878 bits per heavy atom. The maximum Gasteiger partial charge on any atom is 0.321 e. The molecule has 1 heterocycles. The van der Waals surface area contributed by atoms with Crippen molar-refractivity contribution in [1.29, 1.82) is 0 Å². The third-order valence-corrected chi connectivity index (χ3v) is 8.07. The summed E-state index contributed by atoms with van der Waals surface area (Å²) in [5.74, 6) is 1.45. The molecule has 3 rings (SSSR count). The Bertz CT molecular complexity index is 1140. The van der Waals surface area contributed by atoms with Crippen LogP contribution in [0.2, 0.25) is 0 Å². The van der Waals surface area contributed by atoms with Crippen molar-refractivity contribution >= 4 is 23.1 Å². The Labute approximate surface area is 251 Å². The molecule has 0 saturated carbocycles. The van der Waals surface area contributed by atoms with Gasteiger partial charge in [0.25, 0.3) is 0 Å². The molecule has 0 aliphatic heterocycles. The molecule has 0 atom stereocenters. The Hall–Kier alpha value is -3.06. The quantitative estimate of drug-likeness (QED) is 0.108. The maximum absolute atomic E-state index is 12.9. The molecule has 0 unspecified atom stereocenters. The first-order valence-corrected chi connectivity index (χ1v) is 16.4. The van der Waals surface area contributed by atoms with Gasteiger partial charge in [0, 0.05) is 18.3 Å². The number of urea groups is 1. The number of anilines is 1. The first kappa shape index (κ1) is 32.5. The third kappa shape index (κ3) is 11.8. The normalized spacial score (nSPS) is 10.9. The van der Waals surface area contributed by atoms with E-state index in [0.29, 0.717) is 18.9 Å². The number of hydrogen-bond acceptors (Lipinski definition) is 4. The van der Waals surface area contributed by atoms with E-state index in [1.807, 2.05) is 30.3 Å². The van der Waals surface area contributed by atoms with Gasteiger partial charge in [-0.1, -0.05) is 107 Å². The molecule has 7 heteroatoms. The number of rotatable bonds is 20. The second-order valence-electron chi connectivity index (χ2n) is 10.7. The second kappa shape index (κ2) is 19.1. The lowest BCUT2D eigenvalue weighted by Crippen LogP contribution is -2.38. The number of aromatic nitrogens is 1. The number of carbonyl (C=O) groups excluding carboxylic acids is 1. The van der Waals surface area contributed by atoms with Gasteiger partial charge in [-0.15, -0.1) is 0 Å². The third-order valence-electron chi connectivity index (χ3n) is 7.40. The molecular formula is C34H50N3O3S+. The van der Waals surface area contributed by atoms with Crippen LogP contribution in [0.15, 0.2) is 59.6 Å². The molecule has 0 aliphatic carbocycles. The van der Waals surface area contributed by atoms with Gasteiger partial charge in [0.15, 0.2) is 24.2 Å². The SMILES string of the molecule is CCCCCCCCCCCCCCOc1cc(CN(C(=O)NC)c2cccc(C[n+]3ccsc3)c2)ccc1OC. The predicted molar refractivity (Wildman–Crippen MR) is 170 cm³/mol. The molecule has 0 aliphatic rings. The van der Waals surface area contributed by atoms with E-state index in [-0.39, 0.29) is 6.03 Å². The summed E-state index contributed by atoms with van der Waals surface area (Å²) in [6, 6.07) is 13.9. The van der Waals surface area contributed by atoms with Crippen LogP contribution in [0.25, 0.3) is 0 Å². The number of ether oxygens (including phenoxy) is 2. The highest BCUT2D eigenvalue weighted by atomic mass is 32.1. The summed E-state index contributed by atoms with van der Waals surface area (Å²) in [4.78, 5) is 14.7. The summed E-state index contributed by atoms with van der Waals surface area (Å²) in [5, 5.41) is 4.85. The van der Waals surface area contributed by atoms with Crippen LogP contribution in [0, 0.1) is 0 Å². The molecule has 6 nitrogen and oxygen atoms in total. The van der Waals surface area contributed by atoms with Crippen molar-refractivity contribution in [1.82, 2.24) is 5.32 Å². The molecule has 0 bridgehead atoms. The zero-order chi connectivity index (χ0) is 29.1. The molecule has 2 amide bonds. The molecule has 0 fully saturated rings. The molecule has 3 aromatic rings. The lowest BCUT2D eigenvalue weighted by atomic mass is 10.1. The highest BCUT2D eigenvalue weighted by Crippen LogP contribution is 2.30. The molecule has 41 heavy (non-hydrogen) atoms. The molecular weight excluding hydrogens is 530 g/mol. The van der Waals surface area contributed by atoms with Crippen molar-refractivity contribution in [2.45, 2.75) is 97.1 Å². The van der Waals surface area contributed by atoms with Gasteiger partial charge in [0.2, 0.25) is 5.51 Å². The van der Waals surface area contributed by atoms with Crippen molar-refractivity contribution in [3.8, 4) is 11.5 Å². The predicted octanol–water partition coefficient (Wildman–Crippen LogP) is 8.52. The number of nitrogens with one attached hydrogen (secondary N) is 1. The summed E-state index contributed by atoms with van der Waals surface area (Å²) in [6.07, 6.45) is 17.9. The molecule has 1 aromatic heterocycles. The summed E-state index contributed by atoms with van der Waals surface area (Å²) in [7, 11) is 3.33. The van der Waals surface area contributed by atoms with Gasteiger partial charge in [0.05, 0.1) is 25.6 Å². The van der Waals surface area contributed by atoms with Crippen LogP contribution < -0.4 is 24.3 Å². The van der Waals surface area contributed by atoms with Crippen molar-refractivity contribution in [3.63, 3.8) is 0 Å². The van der Waals surface area contributed by atoms with Crippen LogP contribution in [-0.4, -0.2) is 26.8 Å². The van der Waals surface area contributed by atoms with Crippen LogP contribution in [0.3, 0.4) is 0 Å². The minimum atomic E-state index is -0.153. The summed E-state index contributed by atoms with van der Waals surface area (Å²) < 4.78 is 13.9. The fraction of sp³-hybridized carbons (Fsp3) is 0.529. The fourth-order valence-electron chi connectivity index (χ4n) is 5.04. The number of hydrogen-bond donors (Lipinski definition) is 1. The largest absolute Gasteiger partial charge is 0.493 e. The molecule has 224 valence electrons. The first-order valence-electron chi connectivity index (χ1n) is 15.4. The van der Waals surface area contributed by atoms with Crippen LogP contribution in [0.1, 0.15) is 95.1 Å². The first-order chi connectivity index (χ1) is 20.1. The average molecular weight is 581 g/mol. The highest BCUT2D eigenvalue weighted by Gasteiger charge is 2.17. The van der Waals surface area contributed by atoms with Gasteiger partial charge in [-0.05, 0) is 36.2 Å². The van der Waals surface area contributed by atoms with E-state index in [4.69, 9.17) is 9.47 Å². The van der Waals surface area contributed by atoms with Gasteiger partial charge >= 0.3 is 6.03 Å². The zero-order valence-corrected chi connectivity index (χ0v) is 26.2. The number of amides is 2. The van der Waals surface area contributed by atoms with Gasteiger partial charge < -0.3 is 14.8 Å². The zero-order valence-electron chi connectivity index (χ0n) is 25.4. The van der Waals surface area contributed by atoms with Gasteiger partial charge in [0.1, 0.15) is 0 Å². The number of benzene rings is 2. The van der Waals surface area contributed by atoms with E-state index in [9.17, 15) is 4.79 Å². The van der Waals surface area contributed by atoms with Gasteiger partial charge in [-0.25, -0.2) is 4.79 Å². The Kier molecular flexibility index (Phi) is 15.1. The highest BCUT2D eigenvalue weighted by molar-refractivity contribution is 7.07. The number of thiazole rings is 1. The maximum atomic E-state index is 12.9. The minimum absolute atomic E-state index is 0.153. The van der Waals surface area contributed by atoms with E-state index in [2.05, 4.69) is 46.0 Å². The number of nitrogens with zero attached hydrogens (tertiary/aromatic N) is 2. The summed E-state index contributed by atoms with van der Waals surface area (Å²) >= 11 is 1.67. The molecule has 2 aromatic carbocycles. The van der Waals surface area contributed by atoms with Gasteiger partial charge in [-0.3, -0.25) is 4.90 Å². The van der Waals surface area contributed by atoms with Crippen LogP contribution in [-0.2, 0) is 13.1 Å². The van der Waals surface area contributed by atoms with Crippen molar-refractivity contribution in [2.75, 3.05) is 25.7 Å². The van der Waals surface area contributed by atoms with E-state index in [1.54, 1.807) is 30.4 Å². The topological polar surface area (TPSA) is 54.7 Å². The standard InChI is InChI=1S/C34H49N3O3S/c1-4-5-6-7-8-9-10-11-12-13-14-15-22-40-33-25-30(19-20-32(33)39-3)27-37(34(38)35-2)31-18-16-17-29(24-31)26-36-21-23-41-28-36/h16-21,23-25,28H,4-15,22,26-27H2,1-3H3/p+1. The lowest BCUT2D eigenvalue weighted by molar-refractivity contribution is -0.683. The lowest BCUT2D eigenvalue weighted by Gasteiger charge is -2.23. The van der Waals surface area contributed by atoms with E-state index in [0.717, 1.165) is 35.5 Å². The van der Waals surface area contributed by atoms with Crippen molar-refractivity contribution < 1.29 is 18.8 Å². The Morgan fingerprint density at radius 2 is 1.59 bits per heavy atom. The van der Waals surface area contributed by atoms with Crippen LogP contribution >= 0.6 is 11.3 Å². The Morgan fingerprint density at radius 3 is 2.22 bits per heavy atom. The summed E-state index contributed by atoms with van der Waals surface area (Å²) in [5.41, 5.74) is 5.06. The molecule has 0 spiro atoms. The number of unbranched alkanes of at least 4 members (excludes halogenated alkanes) is 11. The average Bonchev–Trinajstić information content (AvgIpc) is 3.51. The molecule has 1 N–H and O–H groups in total. The van der Waals surface area contributed by atoms with Crippen molar-refractivity contribution in [2.24, 2.45) is 0 Å². The van der Waals surface area contributed by atoms with E-state index >= 15 is 0 Å². The Balaban J connectivity index is 1.49. The van der Waals surface area contributed by atoms with Crippen molar-refractivity contribution in [3.05, 3.63) is 70.7 Å². The van der Waals surface area contributed by atoms with Crippen LogP contribution in [0.5, 0.6) is 11.5 Å². The van der Waals surface area contributed by atoms with Gasteiger partial charge in [-0.2, -0.15) is 4.57 Å². The molecule has 0 saturated heterocycles. The minimum Gasteiger partial charge on any atom is -0.493 e. The van der Waals surface area contributed by atoms with E-state index in [1.165, 1.54) is 70.6 Å². The number of carbonyl (C=O) groups is 1.